The van der Waals surface area contributed by atoms with Gasteiger partial charge in [-0.15, -0.1) is 0 Å². The molecule has 0 aliphatic carbocycles. The Morgan fingerprint density at radius 2 is 0.482 bits per heavy atom. The summed E-state index contributed by atoms with van der Waals surface area (Å²) in [4.78, 5) is 4.87. The molecule has 0 atom stereocenters. The summed E-state index contributed by atoms with van der Waals surface area (Å²) in [6.07, 6.45) is 0. The smallest absolute Gasteiger partial charge is 0.0540 e. The summed E-state index contributed by atoms with van der Waals surface area (Å²) in [5.74, 6) is 0. The molecule has 262 valence electrons. The fourth-order valence-corrected chi connectivity index (χ4v) is 8.68. The van der Waals surface area contributed by atoms with Crippen LogP contribution in [-0.4, -0.2) is 0 Å². The minimum absolute atomic E-state index is 1.12. The molecule has 11 aromatic carbocycles. The summed E-state index contributed by atoms with van der Waals surface area (Å²) in [5, 5.41) is 14.6. The number of fused-ring (bicyclic) bond motifs is 6. The van der Waals surface area contributed by atoms with Crippen LogP contribution in [0, 0.1) is 0 Å². The van der Waals surface area contributed by atoms with E-state index in [0.717, 1.165) is 34.1 Å². The van der Waals surface area contributed by atoms with Gasteiger partial charge in [-0.25, -0.2) is 0 Å². The fourth-order valence-electron chi connectivity index (χ4n) is 8.68. The fraction of sp³-hybridized carbons (Fsp3) is 0. The lowest BCUT2D eigenvalue weighted by atomic mass is 9.99. The van der Waals surface area contributed by atoms with Crippen molar-refractivity contribution in [3.63, 3.8) is 0 Å². The Morgan fingerprint density at radius 1 is 0.196 bits per heavy atom. The summed E-state index contributed by atoms with van der Waals surface area (Å²) in [6.45, 7) is 0. The second-order valence-electron chi connectivity index (χ2n) is 14.6. The molecule has 2 heteroatoms. The molecule has 0 amide bonds. The Labute approximate surface area is 325 Å². The maximum absolute atomic E-state index is 2.43. The molecule has 0 aliphatic heterocycles. The van der Waals surface area contributed by atoms with Crippen LogP contribution < -0.4 is 9.80 Å². The summed E-state index contributed by atoms with van der Waals surface area (Å²) >= 11 is 0. The SMILES string of the molecule is c1ccc2c(N(c3ccc4cc5cc(N(c6cccc7ccccc67)c6cccc7ccccc67)ccc5cc4c3)c3cccc4ccccc34)cccc2c1. The number of anilines is 6. The maximum Gasteiger partial charge on any atom is 0.0540 e. The second kappa shape index (κ2) is 13.2. The third-order valence-corrected chi connectivity index (χ3v) is 11.3. The first-order chi connectivity index (χ1) is 27.8. The highest BCUT2D eigenvalue weighted by Gasteiger charge is 2.20. The molecule has 0 N–H and O–H groups in total. The number of nitrogens with zero attached hydrogens (tertiary/aromatic N) is 2. The number of rotatable bonds is 6. The molecule has 0 aromatic heterocycles. The van der Waals surface area contributed by atoms with Gasteiger partial charge in [-0.1, -0.05) is 158 Å². The second-order valence-corrected chi connectivity index (χ2v) is 14.6. The van der Waals surface area contributed by atoms with Gasteiger partial charge in [0.2, 0.25) is 0 Å². The normalized spacial score (nSPS) is 11.6. The van der Waals surface area contributed by atoms with E-state index >= 15 is 0 Å². The van der Waals surface area contributed by atoms with Crippen molar-refractivity contribution in [1.29, 1.82) is 0 Å². The molecule has 0 bridgehead atoms. The number of hydrogen-bond donors (Lipinski definition) is 0. The highest BCUT2D eigenvalue weighted by atomic mass is 15.2. The van der Waals surface area contributed by atoms with Gasteiger partial charge in [0, 0.05) is 32.9 Å². The maximum atomic E-state index is 2.43. The van der Waals surface area contributed by atoms with Crippen LogP contribution >= 0.6 is 0 Å². The third-order valence-electron chi connectivity index (χ3n) is 11.3. The predicted molar refractivity (Wildman–Crippen MR) is 241 cm³/mol. The summed E-state index contributed by atoms with van der Waals surface area (Å²) in [6, 6.07) is 79.7. The molecule has 0 fully saturated rings. The van der Waals surface area contributed by atoms with Crippen LogP contribution in [0.15, 0.2) is 218 Å². The van der Waals surface area contributed by atoms with Crippen LogP contribution in [-0.2, 0) is 0 Å². The zero-order valence-corrected chi connectivity index (χ0v) is 30.7. The third kappa shape index (κ3) is 5.34. The zero-order valence-electron chi connectivity index (χ0n) is 30.7. The van der Waals surface area contributed by atoms with E-state index in [4.69, 9.17) is 0 Å². The topological polar surface area (TPSA) is 6.48 Å². The Bertz CT molecular complexity index is 2890. The van der Waals surface area contributed by atoms with Gasteiger partial charge in [-0.2, -0.15) is 0 Å². The van der Waals surface area contributed by atoms with Gasteiger partial charge >= 0.3 is 0 Å². The van der Waals surface area contributed by atoms with E-state index in [1.165, 1.54) is 64.6 Å². The molecule has 0 radical (unpaired) electrons. The van der Waals surface area contributed by atoms with Crippen LogP contribution in [0.4, 0.5) is 34.1 Å². The lowest BCUT2D eigenvalue weighted by Crippen LogP contribution is -2.11. The van der Waals surface area contributed by atoms with E-state index < -0.39 is 0 Å². The highest BCUT2D eigenvalue weighted by molar-refractivity contribution is 6.09. The van der Waals surface area contributed by atoms with Gasteiger partial charge in [0.05, 0.1) is 22.7 Å². The van der Waals surface area contributed by atoms with Crippen molar-refractivity contribution >= 4 is 98.8 Å². The van der Waals surface area contributed by atoms with Crippen molar-refractivity contribution < 1.29 is 0 Å². The summed E-state index contributed by atoms with van der Waals surface area (Å²) < 4.78 is 0. The van der Waals surface area contributed by atoms with Crippen molar-refractivity contribution in [3.05, 3.63) is 218 Å². The lowest BCUT2D eigenvalue weighted by molar-refractivity contribution is 1.32. The van der Waals surface area contributed by atoms with Crippen LogP contribution in [0.3, 0.4) is 0 Å². The van der Waals surface area contributed by atoms with Crippen molar-refractivity contribution in [1.82, 2.24) is 0 Å². The molecule has 56 heavy (non-hydrogen) atoms. The van der Waals surface area contributed by atoms with Gasteiger partial charge < -0.3 is 9.80 Å². The number of hydrogen-bond acceptors (Lipinski definition) is 2. The first-order valence-electron chi connectivity index (χ1n) is 19.3. The average molecular weight is 713 g/mol. The molecule has 0 saturated carbocycles. The quantitative estimate of drug-likeness (QED) is 0.158. The molecule has 2 nitrogen and oxygen atoms in total. The number of benzene rings is 11. The molecule has 11 aromatic rings. The Balaban J connectivity index is 1.09. The first-order valence-corrected chi connectivity index (χ1v) is 19.3. The molecule has 0 aliphatic rings. The molecular weight excluding hydrogens is 677 g/mol. The van der Waals surface area contributed by atoms with Crippen LogP contribution in [0.5, 0.6) is 0 Å². The molecule has 0 saturated heterocycles. The average Bonchev–Trinajstić information content (AvgIpc) is 3.26. The van der Waals surface area contributed by atoms with Crippen molar-refractivity contribution in [2.24, 2.45) is 0 Å². The van der Waals surface area contributed by atoms with Gasteiger partial charge in [-0.3, -0.25) is 0 Å². The molecule has 0 heterocycles. The minimum Gasteiger partial charge on any atom is -0.309 e. The van der Waals surface area contributed by atoms with E-state index in [0.29, 0.717) is 0 Å². The highest BCUT2D eigenvalue weighted by Crippen LogP contribution is 2.45. The molecule has 0 spiro atoms. The van der Waals surface area contributed by atoms with Crippen molar-refractivity contribution in [2.75, 3.05) is 9.80 Å². The van der Waals surface area contributed by atoms with E-state index in [-0.39, 0.29) is 0 Å². The largest absolute Gasteiger partial charge is 0.309 e. The zero-order chi connectivity index (χ0) is 37.0. The van der Waals surface area contributed by atoms with E-state index in [1.54, 1.807) is 0 Å². The van der Waals surface area contributed by atoms with Crippen molar-refractivity contribution in [3.8, 4) is 0 Å². The molecule has 11 rings (SSSR count). The van der Waals surface area contributed by atoms with Gasteiger partial charge in [0.15, 0.2) is 0 Å². The van der Waals surface area contributed by atoms with Crippen LogP contribution in [0.1, 0.15) is 0 Å². The molecular formula is C54H36N2. The summed E-state index contributed by atoms with van der Waals surface area (Å²) in [5.41, 5.74) is 6.88. The van der Waals surface area contributed by atoms with E-state index in [9.17, 15) is 0 Å². The van der Waals surface area contributed by atoms with E-state index in [2.05, 4.69) is 228 Å². The van der Waals surface area contributed by atoms with Gasteiger partial charge in [0.1, 0.15) is 0 Å². The molecule has 0 unspecified atom stereocenters. The Hall–Kier alpha value is -7.42. The summed E-state index contributed by atoms with van der Waals surface area (Å²) in [7, 11) is 0. The lowest BCUT2D eigenvalue weighted by Gasteiger charge is -2.29. The van der Waals surface area contributed by atoms with Crippen LogP contribution in [0.2, 0.25) is 0 Å². The minimum atomic E-state index is 1.12. The first kappa shape index (κ1) is 32.0. The Morgan fingerprint density at radius 3 is 0.804 bits per heavy atom. The Kier molecular flexibility index (Phi) is 7.53. The van der Waals surface area contributed by atoms with Crippen molar-refractivity contribution in [2.45, 2.75) is 0 Å². The standard InChI is InChI=1S/C54H36N2/c1-5-21-47-37(13-1)17-9-25-51(47)55(52-26-10-18-38-14-2-6-22-48(38)52)45-31-29-41-34-44-36-46(32-30-42(44)33-43(41)35-45)56(53-27-11-19-39-15-3-7-23-49(39)53)54-28-12-20-40-16-4-8-24-50(40)54/h1-36H. The van der Waals surface area contributed by atoms with Gasteiger partial charge in [0.25, 0.3) is 0 Å². The van der Waals surface area contributed by atoms with Gasteiger partial charge in [-0.05, 0) is 104 Å². The predicted octanol–water partition coefficient (Wildman–Crippen LogP) is 15.5. The monoisotopic (exact) mass is 712 g/mol. The van der Waals surface area contributed by atoms with Crippen LogP contribution in [0.25, 0.3) is 64.6 Å². The van der Waals surface area contributed by atoms with E-state index in [1.807, 2.05) is 0 Å².